The number of hydrogen-bond acceptors (Lipinski definition) is 2. The summed E-state index contributed by atoms with van der Waals surface area (Å²) in [5.41, 5.74) is 3.13. The van der Waals surface area contributed by atoms with Crippen LogP contribution in [0.25, 0.3) is 10.9 Å². The molecule has 2 aromatic carbocycles. The molecule has 3 rings (SSSR count). The molecule has 0 atom stereocenters. The van der Waals surface area contributed by atoms with Gasteiger partial charge in [-0.25, -0.2) is 0 Å². The third kappa shape index (κ3) is 3.46. The van der Waals surface area contributed by atoms with Crippen molar-refractivity contribution in [3.63, 3.8) is 0 Å². The maximum atomic E-state index is 11.9. The predicted molar refractivity (Wildman–Crippen MR) is 107 cm³/mol. The molecule has 134 valence electrons. The van der Waals surface area contributed by atoms with E-state index in [9.17, 15) is 4.79 Å². The monoisotopic (exact) mass is 367 g/mol. The second kappa shape index (κ2) is 7.48. The molecule has 0 spiro atoms. The summed E-state index contributed by atoms with van der Waals surface area (Å²) >= 11 is 6.21. The van der Waals surface area contributed by atoms with E-state index in [1.165, 1.54) is 0 Å². The molecule has 1 aromatic heterocycles. The molecule has 0 radical (unpaired) electrons. The number of carbonyl (C=O) groups excluding carboxylic acids is 1. The first kappa shape index (κ1) is 18.4. The molecule has 1 heterocycles. The third-order valence-electron chi connectivity index (χ3n) is 4.64. The Balaban J connectivity index is 2.06. The predicted octanol–water partition coefficient (Wildman–Crippen LogP) is 5.75. The van der Waals surface area contributed by atoms with E-state index in [1.807, 2.05) is 67.0 Å². The summed E-state index contributed by atoms with van der Waals surface area (Å²) in [5, 5.41) is 1.50. The SMILES string of the molecule is C=CC(C)(C)c1c(C=O)c2ccc(Cl)cc2n1COCc1ccccc1. The third-order valence-corrected chi connectivity index (χ3v) is 4.87. The molecule has 0 fully saturated rings. The van der Waals surface area contributed by atoms with Crippen molar-refractivity contribution in [1.82, 2.24) is 4.57 Å². The Hall–Kier alpha value is -2.36. The molecule has 0 bridgehead atoms. The van der Waals surface area contributed by atoms with Gasteiger partial charge in [0.15, 0.2) is 6.29 Å². The highest BCUT2D eigenvalue weighted by Crippen LogP contribution is 2.35. The summed E-state index contributed by atoms with van der Waals surface area (Å²) in [6.45, 7) is 8.84. The number of carbonyl (C=O) groups is 1. The van der Waals surface area contributed by atoms with E-state index in [0.29, 0.717) is 23.9 Å². The number of nitrogens with zero attached hydrogens (tertiary/aromatic N) is 1. The first-order chi connectivity index (χ1) is 12.5. The van der Waals surface area contributed by atoms with Gasteiger partial charge in [-0.1, -0.05) is 67.9 Å². The Morgan fingerprint density at radius 1 is 1.19 bits per heavy atom. The highest BCUT2D eigenvalue weighted by Gasteiger charge is 2.28. The lowest BCUT2D eigenvalue weighted by Crippen LogP contribution is -2.21. The van der Waals surface area contributed by atoms with Crippen molar-refractivity contribution in [2.24, 2.45) is 0 Å². The highest BCUT2D eigenvalue weighted by molar-refractivity contribution is 6.31. The summed E-state index contributed by atoms with van der Waals surface area (Å²) in [6.07, 6.45) is 2.76. The van der Waals surface area contributed by atoms with E-state index in [2.05, 4.69) is 6.58 Å². The summed E-state index contributed by atoms with van der Waals surface area (Å²) in [5.74, 6) is 0. The van der Waals surface area contributed by atoms with E-state index in [-0.39, 0.29) is 0 Å². The van der Waals surface area contributed by atoms with Crippen LogP contribution in [0.2, 0.25) is 5.02 Å². The fourth-order valence-corrected chi connectivity index (χ4v) is 3.39. The fraction of sp³-hybridized carbons (Fsp3) is 0.227. The number of aromatic nitrogens is 1. The molecule has 0 aliphatic rings. The molecular weight excluding hydrogens is 346 g/mol. The molecule has 3 aromatic rings. The van der Waals surface area contributed by atoms with Gasteiger partial charge in [0.05, 0.1) is 12.1 Å². The zero-order valence-electron chi connectivity index (χ0n) is 15.0. The molecule has 3 nitrogen and oxygen atoms in total. The maximum Gasteiger partial charge on any atom is 0.152 e. The van der Waals surface area contributed by atoms with Gasteiger partial charge in [-0.15, -0.1) is 6.58 Å². The normalized spacial score (nSPS) is 11.7. The molecule has 0 aliphatic carbocycles. The second-order valence-corrected chi connectivity index (χ2v) is 7.30. The quantitative estimate of drug-likeness (QED) is 0.393. The number of rotatable bonds is 7. The lowest BCUT2D eigenvalue weighted by atomic mass is 9.87. The topological polar surface area (TPSA) is 31.2 Å². The Morgan fingerprint density at radius 2 is 1.92 bits per heavy atom. The number of allylic oxidation sites excluding steroid dienone is 1. The zero-order chi connectivity index (χ0) is 18.7. The molecule has 4 heteroatoms. The maximum absolute atomic E-state index is 11.9. The number of benzene rings is 2. The number of fused-ring (bicyclic) bond motifs is 1. The molecule has 0 saturated carbocycles. The van der Waals surface area contributed by atoms with Crippen LogP contribution in [0.4, 0.5) is 0 Å². The van der Waals surface area contributed by atoms with Gasteiger partial charge in [0.1, 0.15) is 6.73 Å². The number of ether oxygens (including phenoxy) is 1. The molecule has 0 N–H and O–H groups in total. The molecule has 0 aliphatic heterocycles. The van der Waals surface area contributed by atoms with Gasteiger partial charge in [-0.2, -0.15) is 0 Å². The van der Waals surface area contributed by atoms with Gasteiger partial charge in [0, 0.05) is 27.1 Å². The van der Waals surface area contributed by atoms with Crippen LogP contribution in [0.1, 0.15) is 35.5 Å². The highest BCUT2D eigenvalue weighted by atomic mass is 35.5. The summed E-state index contributed by atoms with van der Waals surface area (Å²) < 4.78 is 7.98. The lowest BCUT2D eigenvalue weighted by Gasteiger charge is -2.24. The Labute approximate surface area is 158 Å². The van der Waals surface area contributed by atoms with Crippen molar-refractivity contribution in [2.75, 3.05) is 0 Å². The Kier molecular flexibility index (Phi) is 5.30. The van der Waals surface area contributed by atoms with Crippen LogP contribution in [0.3, 0.4) is 0 Å². The summed E-state index contributed by atoms with van der Waals surface area (Å²) in [6, 6.07) is 15.6. The van der Waals surface area contributed by atoms with E-state index < -0.39 is 5.41 Å². The Bertz CT molecular complexity index is 942. The van der Waals surface area contributed by atoms with Gasteiger partial charge in [0.2, 0.25) is 0 Å². The minimum Gasteiger partial charge on any atom is -0.356 e. The smallest absolute Gasteiger partial charge is 0.152 e. The van der Waals surface area contributed by atoms with Crippen molar-refractivity contribution in [3.05, 3.63) is 83.0 Å². The summed E-state index contributed by atoms with van der Waals surface area (Å²) in [7, 11) is 0. The van der Waals surface area contributed by atoms with Crippen LogP contribution in [-0.4, -0.2) is 10.9 Å². The number of halogens is 1. The van der Waals surface area contributed by atoms with Crippen molar-refractivity contribution < 1.29 is 9.53 Å². The molecule has 0 amide bonds. The van der Waals surface area contributed by atoms with Gasteiger partial charge in [-0.3, -0.25) is 4.79 Å². The fourth-order valence-electron chi connectivity index (χ4n) is 3.22. The minimum absolute atomic E-state index is 0.326. The van der Waals surface area contributed by atoms with Crippen LogP contribution in [0.5, 0.6) is 0 Å². The second-order valence-electron chi connectivity index (χ2n) is 6.86. The lowest BCUT2D eigenvalue weighted by molar-refractivity contribution is 0.0639. The van der Waals surface area contributed by atoms with Crippen LogP contribution in [-0.2, 0) is 23.5 Å². The molecule has 0 unspecified atom stereocenters. The van der Waals surface area contributed by atoms with Gasteiger partial charge in [0.25, 0.3) is 0 Å². The van der Waals surface area contributed by atoms with E-state index in [4.69, 9.17) is 16.3 Å². The van der Waals surface area contributed by atoms with Gasteiger partial charge in [-0.05, 0) is 17.7 Å². The standard InChI is InChI=1S/C22H22ClNO2/c1-4-22(2,3)21-19(13-25)18-11-10-17(23)12-20(18)24(21)15-26-14-16-8-6-5-7-9-16/h4-13H,1,14-15H2,2-3H3. The average Bonchev–Trinajstić information content (AvgIpc) is 2.96. The van der Waals surface area contributed by atoms with Gasteiger partial charge < -0.3 is 9.30 Å². The van der Waals surface area contributed by atoms with E-state index in [0.717, 1.165) is 28.4 Å². The summed E-state index contributed by atoms with van der Waals surface area (Å²) in [4.78, 5) is 11.9. The van der Waals surface area contributed by atoms with Crippen molar-refractivity contribution >= 4 is 28.8 Å². The Morgan fingerprint density at radius 3 is 2.58 bits per heavy atom. The largest absolute Gasteiger partial charge is 0.356 e. The van der Waals surface area contributed by atoms with Crippen LogP contribution < -0.4 is 0 Å². The van der Waals surface area contributed by atoms with Gasteiger partial charge >= 0.3 is 0 Å². The van der Waals surface area contributed by atoms with Crippen molar-refractivity contribution in [3.8, 4) is 0 Å². The minimum atomic E-state index is -0.391. The van der Waals surface area contributed by atoms with Crippen molar-refractivity contribution in [2.45, 2.75) is 32.6 Å². The van der Waals surface area contributed by atoms with E-state index >= 15 is 0 Å². The van der Waals surface area contributed by atoms with E-state index in [1.54, 1.807) is 6.07 Å². The first-order valence-corrected chi connectivity index (χ1v) is 8.88. The van der Waals surface area contributed by atoms with Crippen molar-refractivity contribution in [1.29, 1.82) is 0 Å². The first-order valence-electron chi connectivity index (χ1n) is 8.50. The molecular formula is C22H22ClNO2. The van der Waals surface area contributed by atoms with Crippen LogP contribution in [0, 0.1) is 0 Å². The molecule has 26 heavy (non-hydrogen) atoms. The van der Waals surface area contributed by atoms with Crippen LogP contribution in [0.15, 0.2) is 61.2 Å². The number of hydrogen-bond donors (Lipinski definition) is 0. The number of aldehydes is 1. The average molecular weight is 368 g/mol. The zero-order valence-corrected chi connectivity index (χ0v) is 15.8. The van der Waals surface area contributed by atoms with Crippen LogP contribution >= 0.6 is 11.6 Å². The molecule has 0 saturated heterocycles.